The van der Waals surface area contributed by atoms with Crippen molar-refractivity contribution in [3.05, 3.63) is 42.0 Å². The van der Waals surface area contributed by atoms with Gasteiger partial charge < -0.3 is 19.9 Å². The third-order valence-electron chi connectivity index (χ3n) is 4.81. The predicted octanol–water partition coefficient (Wildman–Crippen LogP) is 2.06. The summed E-state index contributed by atoms with van der Waals surface area (Å²) in [6.07, 6.45) is 6.04. The van der Waals surface area contributed by atoms with Crippen LogP contribution in [0.1, 0.15) is 43.6 Å². The van der Waals surface area contributed by atoms with Crippen LogP contribution < -0.4 is 15.4 Å². The number of ether oxygens (including phenoxy) is 1. The van der Waals surface area contributed by atoms with Gasteiger partial charge in [0.15, 0.2) is 5.96 Å². The van der Waals surface area contributed by atoms with Crippen LogP contribution in [0.3, 0.4) is 0 Å². The first-order valence-electron chi connectivity index (χ1n) is 9.49. The van der Waals surface area contributed by atoms with Gasteiger partial charge in [-0.25, -0.2) is 0 Å². The van der Waals surface area contributed by atoms with Crippen LogP contribution in [0.4, 0.5) is 0 Å². The fraction of sp³-hybridized carbons (Fsp3) is 0.526. The van der Waals surface area contributed by atoms with Gasteiger partial charge in [-0.2, -0.15) is 0 Å². The SMILES string of the molecule is CCc1nncn1CCN=C(NC1CC1)NC1CCOc2ccccc21. The number of aryl methyl sites for hydroxylation is 1. The molecule has 2 aromatic rings. The summed E-state index contributed by atoms with van der Waals surface area (Å²) < 4.78 is 7.84. The van der Waals surface area contributed by atoms with Gasteiger partial charge >= 0.3 is 0 Å². The number of hydrogen-bond donors (Lipinski definition) is 2. The molecular weight excluding hydrogens is 328 g/mol. The van der Waals surface area contributed by atoms with Crippen LogP contribution in [0, 0.1) is 0 Å². The molecule has 1 aromatic heterocycles. The van der Waals surface area contributed by atoms with Gasteiger partial charge in [-0.05, 0) is 18.9 Å². The second-order valence-electron chi connectivity index (χ2n) is 6.81. The molecule has 7 heteroatoms. The minimum atomic E-state index is 0.228. The normalized spacial score (nSPS) is 19.6. The van der Waals surface area contributed by atoms with Gasteiger partial charge in [0.2, 0.25) is 0 Å². The van der Waals surface area contributed by atoms with Crippen molar-refractivity contribution in [3.63, 3.8) is 0 Å². The summed E-state index contributed by atoms with van der Waals surface area (Å²) >= 11 is 0. The Morgan fingerprint density at radius 1 is 1.27 bits per heavy atom. The van der Waals surface area contributed by atoms with Crippen molar-refractivity contribution in [2.75, 3.05) is 13.2 Å². The highest BCUT2D eigenvalue weighted by atomic mass is 16.5. The summed E-state index contributed by atoms with van der Waals surface area (Å²) in [6.45, 7) is 4.30. The number of para-hydroxylation sites is 1. The third kappa shape index (κ3) is 3.98. The lowest BCUT2D eigenvalue weighted by Gasteiger charge is -2.28. The molecule has 2 aliphatic rings. The van der Waals surface area contributed by atoms with Crippen LogP contribution in [0.2, 0.25) is 0 Å². The van der Waals surface area contributed by atoms with E-state index in [4.69, 9.17) is 9.73 Å². The molecule has 7 nitrogen and oxygen atoms in total. The summed E-state index contributed by atoms with van der Waals surface area (Å²) in [5.41, 5.74) is 1.20. The Hall–Kier alpha value is -2.57. The Kier molecular flexibility index (Phi) is 5.04. The topological polar surface area (TPSA) is 76.4 Å². The first-order chi connectivity index (χ1) is 12.8. The smallest absolute Gasteiger partial charge is 0.192 e. The lowest BCUT2D eigenvalue weighted by Crippen LogP contribution is -2.42. The maximum Gasteiger partial charge on any atom is 0.192 e. The molecule has 1 aliphatic heterocycles. The van der Waals surface area contributed by atoms with E-state index in [0.717, 1.165) is 43.5 Å². The number of nitrogens with zero attached hydrogens (tertiary/aromatic N) is 4. The van der Waals surface area contributed by atoms with Crippen LogP contribution >= 0.6 is 0 Å². The van der Waals surface area contributed by atoms with E-state index < -0.39 is 0 Å². The Morgan fingerprint density at radius 2 is 2.15 bits per heavy atom. The van der Waals surface area contributed by atoms with Crippen LogP contribution in [0.25, 0.3) is 0 Å². The molecule has 1 saturated carbocycles. The van der Waals surface area contributed by atoms with Gasteiger partial charge in [0.1, 0.15) is 17.9 Å². The number of benzene rings is 1. The van der Waals surface area contributed by atoms with Gasteiger partial charge in [-0.1, -0.05) is 25.1 Å². The highest BCUT2D eigenvalue weighted by molar-refractivity contribution is 5.81. The van der Waals surface area contributed by atoms with Crippen LogP contribution in [0.5, 0.6) is 5.75 Å². The lowest BCUT2D eigenvalue weighted by atomic mass is 10.0. The molecule has 138 valence electrons. The van der Waals surface area contributed by atoms with E-state index in [0.29, 0.717) is 12.6 Å². The summed E-state index contributed by atoms with van der Waals surface area (Å²) in [4.78, 5) is 4.80. The number of aromatic nitrogens is 3. The molecule has 0 radical (unpaired) electrons. The van der Waals surface area contributed by atoms with E-state index in [-0.39, 0.29) is 6.04 Å². The third-order valence-corrected chi connectivity index (χ3v) is 4.81. The van der Waals surface area contributed by atoms with Crippen molar-refractivity contribution in [2.45, 2.75) is 51.2 Å². The van der Waals surface area contributed by atoms with Crippen molar-refractivity contribution in [3.8, 4) is 5.75 Å². The molecular formula is C19H26N6O. The first-order valence-corrected chi connectivity index (χ1v) is 9.49. The van der Waals surface area contributed by atoms with Crippen LogP contribution in [-0.2, 0) is 13.0 Å². The van der Waals surface area contributed by atoms with Crippen molar-refractivity contribution in [2.24, 2.45) is 4.99 Å². The average Bonchev–Trinajstić information content (AvgIpc) is 3.37. The standard InChI is InChI=1S/C19H26N6O/c1-2-18-24-21-13-25(18)11-10-20-19(22-14-7-8-14)23-16-9-12-26-17-6-4-3-5-15(16)17/h3-6,13-14,16H,2,7-12H2,1H3,(H2,20,22,23). The van der Waals surface area contributed by atoms with E-state index in [9.17, 15) is 0 Å². The largest absolute Gasteiger partial charge is 0.493 e. The average molecular weight is 354 g/mol. The molecule has 1 fully saturated rings. The summed E-state index contributed by atoms with van der Waals surface area (Å²) in [7, 11) is 0. The first kappa shape index (κ1) is 16.9. The number of rotatable bonds is 6. The predicted molar refractivity (Wildman–Crippen MR) is 100 cm³/mol. The van der Waals surface area contributed by atoms with Gasteiger partial charge in [-0.15, -0.1) is 10.2 Å². The number of aliphatic imine (C=N–C) groups is 1. The Bertz CT molecular complexity index is 767. The molecule has 0 amide bonds. The fourth-order valence-corrected chi connectivity index (χ4v) is 3.22. The molecule has 1 aliphatic carbocycles. The molecule has 1 aromatic carbocycles. The molecule has 1 atom stereocenters. The highest BCUT2D eigenvalue weighted by Crippen LogP contribution is 2.31. The highest BCUT2D eigenvalue weighted by Gasteiger charge is 2.26. The molecule has 2 N–H and O–H groups in total. The van der Waals surface area contributed by atoms with E-state index in [1.54, 1.807) is 6.33 Å². The van der Waals surface area contributed by atoms with E-state index >= 15 is 0 Å². The molecule has 0 saturated heterocycles. The van der Waals surface area contributed by atoms with Crippen LogP contribution in [-0.4, -0.2) is 39.9 Å². The zero-order valence-electron chi connectivity index (χ0n) is 15.2. The maximum absolute atomic E-state index is 5.77. The lowest BCUT2D eigenvalue weighted by molar-refractivity contribution is 0.261. The summed E-state index contributed by atoms with van der Waals surface area (Å²) in [5, 5.41) is 15.3. The van der Waals surface area contributed by atoms with Gasteiger partial charge in [0, 0.05) is 31.0 Å². The minimum absolute atomic E-state index is 0.228. The number of nitrogens with one attached hydrogen (secondary N) is 2. The van der Waals surface area contributed by atoms with Crippen LogP contribution in [0.15, 0.2) is 35.6 Å². The Balaban J connectivity index is 1.43. The summed E-state index contributed by atoms with van der Waals surface area (Å²) in [6, 6.07) is 9.02. The summed E-state index contributed by atoms with van der Waals surface area (Å²) in [5.74, 6) is 2.86. The number of hydrogen-bond acceptors (Lipinski definition) is 4. The second-order valence-corrected chi connectivity index (χ2v) is 6.81. The van der Waals surface area contributed by atoms with Crippen molar-refractivity contribution < 1.29 is 4.74 Å². The van der Waals surface area contributed by atoms with Gasteiger partial charge in [0.05, 0.1) is 19.2 Å². The van der Waals surface area contributed by atoms with Gasteiger partial charge in [-0.3, -0.25) is 4.99 Å². The van der Waals surface area contributed by atoms with Crippen molar-refractivity contribution in [1.82, 2.24) is 25.4 Å². The molecule has 2 heterocycles. The van der Waals surface area contributed by atoms with E-state index in [2.05, 4.69) is 44.5 Å². The van der Waals surface area contributed by atoms with Crippen molar-refractivity contribution >= 4 is 5.96 Å². The van der Waals surface area contributed by atoms with Gasteiger partial charge in [0.25, 0.3) is 0 Å². The molecule has 1 unspecified atom stereocenters. The zero-order valence-corrected chi connectivity index (χ0v) is 15.2. The fourth-order valence-electron chi connectivity index (χ4n) is 3.22. The zero-order chi connectivity index (χ0) is 17.8. The maximum atomic E-state index is 5.77. The Morgan fingerprint density at radius 3 is 3.00 bits per heavy atom. The minimum Gasteiger partial charge on any atom is -0.493 e. The monoisotopic (exact) mass is 354 g/mol. The second kappa shape index (κ2) is 7.76. The molecule has 0 bridgehead atoms. The van der Waals surface area contributed by atoms with E-state index in [1.807, 2.05) is 12.1 Å². The molecule has 26 heavy (non-hydrogen) atoms. The Labute approximate surface area is 153 Å². The molecule has 0 spiro atoms. The number of fused-ring (bicyclic) bond motifs is 1. The quantitative estimate of drug-likeness (QED) is 0.613. The number of guanidine groups is 1. The molecule has 4 rings (SSSR count). The van der Waals surface area contributed by atoms with Crippen molar-refractivity contribution in [1.29, 1.82) is 0 Å². The van der Waals surface area contributed by atoms with E-state index in [1.165, 1.54) is 18.4 Å².